The molecule has 1 aliphatic carbocycles. The number of carbonyl (C=O) groups is 1. The second kappa shape index (κ2) is 6.28. The van der Waals surface area contributed by atoms with Gasteiger partial charge in [0.15, 0.2) is 0 Å². The number of hydrogen-bond donors (Lipinski definition) is 2. The molecule has 0 atom stereocenters. The molecule has 3 N–H and O–H groups in total. The highest BCUT2D eigenvalue weighted by Gasteiger charge is 2.39. The summed E-state index contributed by atoms with van der Waals surface area (Å²) in [5, 5.41) is 7.17. The van der Waals surface area contributed by atoms with Crippen LogP contribution in [0.25, 0.3) is 5.69 Å². The van der Waals surface area contributed by atoms with Crippen LogP contribution >= 0.6 is 12.4 Å². The third kappa shape index (κ3) is 3.09. The maximum Gasteiger partial charge on any atom is 0.240 e. The first kappa shape index (κ1) is 15.5. The van der Waals surface area contributed by atoms with Crippen LogP contribution in [0.15, 0.2) is 42.7 Å². The minimum absolute atomic E-state index is 0. The van der Waals surface area contributed by atoms with Gasteiger partial charge in [-0.2, -0.15) is 5.10 Å². The van der Waals surface area contributed by atoms with Crippen molar-refractivity contribution in [1.29, 1.82) is 0 Å². The molecule has 112 valence electrons. The lowest BCUT2D eigenvalue weighted by atomic mass is 9.77. The van der Waals surface area contributed by atoms with E-state index in [0.29, 0.717) is 6.54 Å². The quantitative estimate of drug-likeness (QED) is 0.904. The number of hydrogen-bond acceptors (Lipinski definition) is 3. The van der Waals surface area contributed by atoms with Crippen molar-refractivity contribution in [3.8, 4) is 5.69 Å². The number of nitrogens with two attached hydrogens (primary N) is 1. The van der Waals surface area contributed by atoms with Crippen molar-refractivity contribution in [2.24, 2.45) is 5.73 Å². The lowest BCUT2D eigenvalue weighted by Gasteiger charge is -2.36. The van der Waals surface area contributed by atoms with E-state index in [4.69, 9.17) is 5.73 Å². The van der Waals surface area contributed by atoms with Crippen LogP contribution in [0.2, 0.25) is 0 Å². The maximum absolute atomic E-state index is 12.1. The highest BCUT2D eigenvalue weighted by Crippen LogP contribution is 2.29. The molecule has 0 radical (unpaired) electrons. The Kier molecular flexibility index (Phi) is 4.65. The molecule has 1 heterocycles. The SMILES string of the molecule is Cl.NC1(C(=O)NCc2ccccc2-n2cccn2)CCC1. The molecule has 0 spiro atoms. The fourth-order valence-electron chi connectivity index (χ4n) is 2.43. The van der Waals surface area contributed by atoms with Gasteiger partial charge in [0, 0.05) is 18.9 Å². The van der Waals surface area contributed by atoms with E-state index in [1.807, 2.05) is 36.5 Å². The van der Waals surface area contributed by atoms with Gasteiger partial charge in [-0.3, -0.25) is 4.79 Å². The first-order chi connectivity index (χ1) is 9.69. The van der Waals surface area contributed by atoms with Crippen LogP contribution in [0.3, 0.4) is 0 Å². The van der Waals surface area contributed by atoms with Crippen molar-refractivity contribution in [3.63, 3.8) is 0 Å². The van der Waals surface area contributed by atoms with Crippen molar-refractivity contribution >= 4 is 18.3 Å². The van der Waals surface area contributed by atoms with Crippen LogP contribution < -0.4 is 11.1 Å². The van der Waals surface area contributed by atoms with Gasteiger partial charge in [0.2, 0.25) is 5.91 Å². The Labute approximate surface area is 129 Å². The molecule has 6 heteroatoms. The van der Waals surface area contributed by atoms with Gasteiger partial charge in [-0.1, -0.05) is 18.2 Å². The summed E-state index contributed by atoms with van der Waals surface area (Å²) in [7, 11) is 0. The minimum atomic E-state index is -0.652. The molecule has 0 unspecified atom stereocenters. The predicted octanol–water partition coefficient (Wildman–Crippen LogP) is 1.79. The molecule has 3 rings (SSSR count). The van der Waals surface area contributed by atoms with Gasteiger partial charge in [0.05, 0.1) is 11.2 Å². The average molecular weight is 307 g/mol. The summed E-state index contributed by atoms with van der Waals surface area (Å²) in [5.74, 6) is -0.0565. The molecule has 0 saturated heterocycles. The zero-order chi connectivity index (χ0) is 14.0. The normalized spacial score (nSPS) is 15.7. The largest absolute Gasteiger partial charge is 0.350 e. The van der Waals surface area contributed by atoms with Gasteiger partial charge in [0.25, 0.3) is 0 Å². The number of aromatic nitrogens is 2. The highest BCUT2D eigenvalue weighted by atomic mass is 35.5. The van der Waals surface area contributed by atoms with E-state index in [1.165, 1.54) is 0 Å². The summed E-state index contributed by atoms with van der Waals surface area (Å²) in [6.07, 6.45) is 6.21. The number of amides is 1. The number of nitrogens with one attached hydrogen (secondary N) is 1. The zero-order valence-corrected chi connectivity index (χ0v) is 12.5. The molecule has 1 aliphatic rings. The Balaban J connectivity index is 0.00000161. The summed E-state index contributed by atoms with van der Waals surface area (Å²) in [5.41, 5.74) is 7.35. The summed E-state index contributed by atoms with van der Waals surface area (Å²) in [6, 6.07) is 9.75. The van der Waals surface area contributed by atoms with Gasteiger partial charge < -0.3 is 11.1 Å². The summed E-state index contributed by atoms with van der Waals surface area (Å²) < 4.78 is 1.79. The molecular weight excluding hydrogens is 288 g/mol. The first-order valence-corrected chi connectivity index (χ1v) is 6.84. The lowest BCUT2D eigenvalue weighted by Crippen LogP contribution is -2.58. The van der Waals surface area contributed by atoms with Crippen molar-refractivity contribution < 1.29 is 4.79 Å². The van der Waals surface area contributed by atoms with Gasteiger partial charge in [-0.25, -0.2) is 4.68 Å². The second-order valence-electron chi connectivity index (χ2n) is 5.27. The molecule has 0 aliphatic heterocycles. The smallest absolute Gasteiger partial charge is 0.240 e. The third-order valence-corrected chi connectivity index (χ3v) is 3.88. The van der Waals surface area contributed by atoms with E-state index >= 15 is 0 Å². The fraction of sp³-hybridized carbons (Fsp3) is 0.333. The second-order valence-corrected chi connectivity index (χ2v) is 5.27. The van der Waals surface area contributed by atoms with E-state index in [-0.39, 0.29) is 18.3 Å². The van der Waals surface area contributed by atoms with Gasteiger partial charge >= 0.3 is 0 Å². The fourth-order valence-corrected chi connectivity index (χ4v) is 2.43. The zero-order valence-electron chi connectivity index (χ0n) is 11.7. The van der Waals surface area contributed by atoms with E-state index in [0.717, 1.165) is 30.5 Å². The summed E-state index contributed by atoms with van der Waals surface area (Å²) in [6.45, 7) is 0.466. The van der Waals surface area contributed by atoms with Crippen LogP contribution in [-0.4, -0.2) is 21.2 Å². The summed E-state index contributed by atoms with van der Waals surface area (Å²) in [4.78, 5) is 12.1. The predicted molar refractivity (Wildman–Crippen MR) is 83.4 cm³/mol. The number of para-hydroxylation sites is 1. The molecule has 2 aromatic rings. The number of halogens is 1. The van der Waals surface area contributed by atoms with Crippen LogP contribution in [0.1, 0.15) is 24.8 Å². The Morgan fingerprint density at radius 3 is 2.71 bits per heavy atom. The maximum atomic E-state index is 12.1. The van der Waals surface area contributed by atoms with Crippen molar-refractivity contribution in [2.45, 2.75) is 31.3 Å². The van der Waals surface area contributed by atoms with E-state index < -0.39 is 5.54 Å². The van der Waals surface area contributed by atoms with E-state index in [9.17, 15) is 4.79 Å². The molecule has 21 heavy (non-hydrogen) atoms. The van der Waals surface area contributed by atoms with E-state index in [1.54, 1.807) is 10.9 Å². The van der Waals surface area contributed by atoms with Crippen LogP contribution in [-0.2, 0) is 11.3 Å². The molecule has 1 aromatic heterocycles. The van der Waals surface area contributed by atoms with Gasteiger partial charge in [-0.15, -0.1) is 12.4 Å². The Morgan fingerprint density at radius 1 is 1.33 bits per heavy atom. The molecule has 1 fully saturated rings. The Morgan fingerprint density at radius 2 is 2.10 bits per heavy atom. The molecule has 1 amide bonds. The first-order valence-electron chi connectivity index (χ1n) is 6.84. The van der Waals surface area contributed by atoms with Crippen LogP contribution in [0.5, 0.6) is 0 Å². The van der Waals surface area contributed by atoms with Crippen LogP contribution in [0.4, 0.5) is 0 Å². The van der Waals surface area contributed by atoms with E-state index in [2.05, 4.69) is 10.4 Å². The van der Waals surface area contributed by atoms with Gasteiger partial charge in [0.1, 0.15) is 0 Å². The van der Waals surface area contributed by atoms with Crippen molar-refractivity contribution in [2.75, 3.05) is 0 Å². The van der Waals surface area contributed by atoms with Gasteiger partial charge in [-0.05, 0) is 37.0 Å². The number of benzene rings is 1. The van der Waals surface area contributed by atoms with Crippen LogP contribution in [0, 0.1) is 0 Å². The molecule has 1 saturated carbocycles. The molecule has 0 bridgehead atoms. The minimum Gasteiger partial charge on any atom is -0.350 e. The van der Waals surface area contributed by atoms with Crippen molar-refractivity contribution in [1.82, 2.24) is 15.1 Å². The lowest BCUT2D eigenvalue weighted by molar-refractivity contribution is -0.129. The summed E-state index contributed by atoms with van der Waals surface area (Å²) >= 11 is 0. The number of carbonyl (C=O) groups excluding carboxylic acids is 1. The standard InChI is InChI=1S/C15H18N4O.ClH/c16-15(7-3-8-15)14(20)17-11-12-5-1-2-6-13(12)19-10-4-9-18-19;/h1-2,4-6,9-10H,3,7-8,11,16H2,(H,17,20);1H. The average Bonchev–Trinajstić information content (AvgIpc) is 2.96. The molecule has 1 aromatic carbocycles. The Bertz CT molecular complexity index is 608. The molecular formula is C15H19ClN4O. The highest BCUT2D eigenvalue weighted by molar-refractivity contribution is 5.87. The molecule has 5 nitrogen and oxygen atoms in total. The monoisotopic (exact) mass is 306 g/mol. The number of nitrogens with zero attached hydrogens (tertiary/aromatic N) is 2. The number of rotatable bonds is 4. The van der Waals surface area contributed by atoms with Crippen molar-refractivity contribution in [3.05, 3.63) is 48.3 Å². The third-order valence-electron chi connectivity index (χ3n) is 3.88. The topological polar surface area (TPSA) is 72.9 Å². The Hall–Kier alpha value is -1.85.